The van der Waals surface area contributed by atoms with E-state index < -0.39 is 0 Å². The summed E-state index contributed by atoms with van der Waals surface area (Å²) >= 11 is 0. The Labute approximate surface area is 95.7 Å². The van der Waals surface area contributed by atoms with E-state index >= 15 is 0 Å². The molecular formula is C13H17NO2. The minimum atomic E-state index is 0.0861. The molecule has 0 bridgehead atoms. The molecule has 2 rings (SSSR count). The SMILES string of the molecule is CC1CCCN(C(=O)/C=C/c2ccco2)C1. The van der Waals surface area contributed by atoms with Crippen molar-refractivity contribution in [3.63, 3.8) is 0 Å². The van der Waals surface area contributed by atoms with Gasteiger partial charge in [-0.2, -0.15) is 0 Å². The van der Waals surface area contributed by atoms with E-state index in [9.17, 15) is 4.79 Å². The Bertz CT molecular complexity index is 367. The van der Waals surface area contributed by atoms with Gasteiger partial charge in [0.2, 0.25) is 5.91 Å². The Morgan fingerprint density at radius 2 is 2.50 bits per heavy atom. The number of furan rings is 1. The third-order valence-corrected chi connectivity index (χ3v) is 2.90. The van der Waals surface area contributed by atoms with Gasteiger partial charge in [0.05, 0.1) is 6.26 Å². The lowest BCUT2D eigenvalue weighted by Gasteiger charge is -2.29. The van der Waals surface area contributed by atoms with E-state index in [0.717, 1.165) is 25.3 Å². The van der Waals surface area contributed by atoms with E-state index in [4.69, 9.17) is 4.42 Å². The van der Waals surface area contributed by atoms with Gasteiger partial charge >= 0.3 is 0 Å². The fraction of sp³-hybridized carbons (Fsp3) is 0.462. The zero-order valence-corrected chi connectivity index (χ0v) is 9.56. The Morgan fingerprint density at radius 3 is 3.19 bits per heavy atom. The summed E-state index contributed by atoms with van der Waals surface area (Å²) in [6.45, 7) is 3.95. The number of hydrogen-bond acceptors (Lipinski definition) is 2. The van der Waals surface area contributed by atoms with Crippen molar-refractivity contribution >= 4 is 12.0 Å². The maximum atomic E-state index is 11.8. The molecule has 1 aliphatic rings. The number of hydrogen-bond donors (Lipinski definition) is 0. The zero-order valence-electron chi connectivity index (χ0n) is 9.56. The molecular weight excluding hydrogens is 202 g/mol. The molecule has 0 radical (unpaired) electrons. The fourth-order valence-electron chi connectivity index (χ4n) is 2.03. The monoisotopic (exact) mass is 219 g/mol. The van der Waals surface area contributed by atoms with Crippen LogP contribution in [0.1, 0.15) is 25.5 Å². The van der Waals surface area contributed by atoms with Crippen LogP contribution in [0.5, 0.6) is 0 Å². The van der Waals surface area contributed by atoms with Crippen LogP contribution in [0.25, 0.3) is 6.08 Å². The first-order valence-corrected chi connectivity index (χ1v) is 5.76. The fourth-order valence-corrected chi connectivity index (χ4v) is 2.03. The van der Waals surface area contributed by atoms with Gasteiger partial charge in [0, 0.05) is 19.2 Å². The van der Waals surface area contributed by atoms with E-state index in [1.165, 1.54) is 6.42 Å². The van der Waals surface area contributed by atoms with E-state index in [2.05, 4.69) is 6.92 Å². The minimum absolute atomic E-state index is 0.0861. The van der Waals surface area contributed by atoms with Crippen LogP contribution in [-0.4, -0.2) is 23.9 Å². The quantitative estimate of drug-likeness (QED) is 0.716. The zero-order chi connectivity index (χ0) is 11.4. The van der Waals surface area contributed by atoms with Gasteiger partial charge in [-0.1, -0.05) is 6.92 Å². The summed E-state index contributed by atoms with van der Waals surface area (Å²) in [5, 5.41) is 0. The maximum Gasteiger partial charge on any atom is 0.246 e. The molecule has 0 spiro atoms. The van der Waals surface area contributed by atoms with Crippen LogP contribution in [0, 0.1) is 5.92 Å². The van der Waals surface area contributed by atoms with Crippen molar-refractivity contribution in [2.24, 2.45) is 5.92 Å². The van der Waals surface area contributed by atoms with E-state index in [-0.39, 0.29) is 5.91 Å². The third-order valence-electron chi connectivity index (χ3n) is 2.90. The minimum Gasteiger partial charge on any atom is -0.465 e. The van der Waals surface area contributed by atoms with Crippen molar-refractivity contribution in [1.82, 2.24) is 4.90 Å². The summed E-state index contributed by atoms with van der Waals surface area (Å²) in [4.78, 5) is 13.7. The summed E-state index contributed by atoms with van der Waals surface area (Å²) < 4.78 is 5.13. The van der Waals surface area contributed by atoms with E-state index in [0.29, 0.717) is 5.92 Å². The van der Waals surface area contributed by atoms with Crippen molar-refractivity contribution in [2.45, 2.75) is 19.8 Å². The first-order chi connectivity index (χ1) is 7.75. The molecule has 1 fully saturated rings. The molecule has 1 aromatic rings. The smallest absolute Gasteiger partial charge is 0.246 e. The molecule has 1 aliphatic heterocycles. The lowest BCUT2D eigenvalue weighted by molar-refractivity contribution is -0.127. The van der Waals surface area contributed by atoms with E-state index in [1.807, 2.05) is 17.0 Å². The number of piperidine rings is 1. The third kappa shape index (κ3) is 2.75. The molecule has 0 aliphatic carbocycles. The van der Waals surface area contributed by atoms with Crippen LogP contribution < -0.4 is 0 Å². The molecule has 1 aromatic heterocycles. The van der Waals surface area contributed by atoms with Crippen LogP contribution in [0.4, 0.5) is 0 Å². The number of rotatable bonds is 2. The second-order valence-electron chi connectivity index (χ2n) is 4.38. The molecule has 1 amide bonds. The van der Waals surface area contributed by atoms with Crippen molar-refractivity contribution in [3.8, 4) is 0 Å². The highest BCUT2D eigenvalue weighted by atomic mass is 16.3. The van der Waals surface area contributed by atoms with Gasteiger partial charge in [-0.3, -0.25) is 4.79 Å². The van der Waals surface area contributed by atoms with Gasteiger partial charge in [-0.15, -0.1) is 0 Å². The second kappa shape index (κ2) is 5.01. The maximum absolute atomic E-state index is 11.8. The molecule has 3 heteroatoms. The predicted molar refractivity (Wildman–Crippen MR) is 62.7 cm³/mol. The highest BCUT2D eigenvalue weighted by Crippen LogP contribution is 2.15. The van der Waals surface area contributed by atoms with Gasteiger partial charge in [-0.05, 0) is 37.0 Å². The highest BCUT2D eigenvalue weighted by molar-refractivity contribution is 5.91. The van der Waals surface area contributed by atoms with Gasteiger partial charge in [0.1, 0.15) is 5.76 Å². The molecule has 1 unspecified atom stereocenters. The molecule has 0 saturated carbocycles. The van der Waals surface area contributed by atoms with Crippen molar-refractivity contribution in [1.29, 1.82) is 0 Å². The van der Waals surface area contributed by atoms with Crippen LogP contribution in [0.15, 0.2) is 28.9 Å². The lowest BCUT2D eigenvalue weighted by atomic mass is 10.0. The number of carbonyl (C=O) groups is 1. The lowest BCUT2D eigenvalue weighted by Crippen LogP contribution is -2.38. The number of likely N-dealkylation sites (tertiary alicyclic amines) is 1. The van der Waals surface area contributed by atoms with Crippen molar-refractivity contribution in [3.05, 3.63) is 30.2 Å². The Balaban J connectivity index is 1.92. The van der Waals surface area contributed by atoms with Crippen LogP contribution in [0.3, 0.4) is 0 Å². The number of nitrogens with zero attached hydrogens (tertiary/aromatic N) is 1. The highest BCUT2D eigenvalue weighted by Gasteiger charge is 2.18. The number of amides is 1. The molecule has 1 atom stereocenters. The summed E-state index contributed by atoms with van der Waals surface area (Å²) in [5.74, 6) is 1.43. The Kier molecular flexibility index (Phi) is 3.44. The molecule has 3 nitrogen and oxygen atoms in total. The summed E-state index contributed by atoms with van der Waals surface area (Å²) in [7, 11) is 0. The average molecular weight is 219 g/mol. The molecule has 0 aromatic carbocycles. The van der Waals surface area contributed by atoms with Gasteiger partial charge in [-0.25, -0.2) is 0 Å². The van der Waals surface area contributed by atoms with Gasteiger partial charge < -0.3 is 9.32 Å². The summed E-state index contributed by atoms with van der Waals surface area (Å²) in [6, 6.07) is 3.65. The first-order valence-electron chi connectivity index (χ1n) is 5.76. The van der Waals surface area contributed by atoms with Crippen LogP contribution in [-0.2, 0) is 4.79 Å². The second-order valence-corrected chi connectivity index (χ2v) is 4.38. The molecule has 1 saturated heterocycles. The number of carbonyl (C=O) groups excluding carboxylic acids is 1. The normalized spacial score (nSPS) is 21.6. The van der Waals surface area contributed by atoms with Crippen LogP contribution >= 0.6 is 0 Å². The largest absolute Gasteiger partial charge is 0.465 e. The first kappa shape index (κ1) is 11.0. The molecule has 86 valence electrons. The topological polar surface area (TPSA) is 33.5 Å². The van der Waals surface area contributed by atoms with Gasteiger partial charge in [0.25, 0.3) is 0 Å². The Hall–Kier alpha value is -1.51. The van der Waals surface area contributed by atoms with Crippen LogP contribution in [0.2, 0.25) is 0 Å². The predicted octanol–water partition coefficient (Wildman–Crippen LogP) is 2.55. The Morgan fingerprint density at radius 1 is 1.62 bits per heavy atom. The molecule has 2 heterocycles. The van der Waals surface area contributed by atoms with Crippen molar-refractivity contribution < 1.29 is 9.21 Å². The standard InChI is InChI=1S/C13H17NO2/c1-11-4-2-8-14(10-11)13(15)7-6-12-5-3-9-16-12/h3,5-7,9,11H,2,4,8,10H2,1H3/b7-6+. The van der Waals surface area contributed by atoms with Gasteiger partial charge in [0.15, 0.2) is 0 Å². The summed E-state index contributed by atoms with van der Waals surface area (Å²) in [6.07, 6.45) is 7.26. The van der Waals surface area contributed by atoms with E-state index in [1.54, 1.807) is 18.4 Å². The molecule has 0 N–H and O–H groups in total. The average Bonchev–Trinajstić information content (AvgIpc) is 2.78. The van der Waals surface area contributed by atoms with Crippen molar-refractivity contribution in [2.75, 3.05) is 13.1 Å². The summed E-state index contributed by atoms with van der Waals surface area (Å²) in [5.41, 5.74) is 0. The molecule has 16 heavy (non-hydrogen) atoms.